The fourth-order valence-corrected chi connectivity index (χ4v) is 2.12. The summed E-state index contributed by atoms with van der Waals surface area (Å²) >= 11 is 0. The molecule has 0 amide bonds. The molecule has 0 N–H and O–H groups in total. The van der Waals surface area contributed by atoms with Crippen molar-refractivity contribution in [3.8, 4) is 0 Å². The Labute approximate surface area is 97.0 Å². The van der Waals surface area contributed by atoms with Crippen molar-refractivity contribution in [3.63, 3.8) is 0 Å². The van der Waals surface area contributed by atoms with Crippen LogP contribution in [-0.4, -0.2) is 24.7 Å². The molecule has 0 fully saturated rings. The van der Waals surface area contributed by atoms with Gasteiger partial charge < -0.3 is 0 Å². The van der Waals surface area contributed by atoms with Crippen LogP contribution >= 0.6 is 0 Å². The molecule has 2 rings (SSSR count). The summed E-state index contributed by atoms with van der Waals surface area (Å²) in [5, 5.41) is 0. The van der Waals surface area contributed by atoms with Gasteiger partial charge in [-0.15, -0.1) is 0 Å². The van der Waals surface area contributed by atoms with Crippen LogP contribution in [0.1, 0.15) is 17.5 Å². The van der Waals surface area contributed by atoms with Crippen molar-refractivity contribution in [1.82, 2.24) is 4.90 Å². The SMILES string of the molecule is [C-]#[N+]CN1CC=C(c2ccccc2C)CC1. The van der Waals surface area contributed by atoms with E-state index in [2.05, 4.69) is 47.0 Å². The second-order valence-electron chi connectivity index (χ2n) is 4.17. The molecule has 1 aliphatic heterocycles. The van der Waals surface area contributed by atoms with Crippen molar-refractivity contribution in [2.45, 2.75) is 13.3 Å². The molecule has 16 heavy (non-hydrogen) atoms. The van der Waals surface area contributed by atoms with Crippen LogP contribution in [-0.2, 0) is 0 Å². The van der Waals surface area contributed by atoms with Gasteiger partial charge in [-0.1, -0.05) is 30.3 Å². The van der Waals surface area contributed by atoms with Gasteiger partial charge >= 0.3 is 0 Å². The standard InChI is InChI=1S/C14H16N2/c1-12-5-3-4-6-14(12)13-7-9-16(10-8-13)11-15-2/h3-7H,8-11H2,1H3. The second-order valence-corrected chi connectivity index (χ2v) is 4.17. The third-order valence-corrected chi connectivity index (χ3v) is 3.05. The Balaban J connectivity index is 2.14. The topological polar surface area (TPSA) is 7.60 Å². The number of aryl methyl sites for hydroxylation is 1. The van der Waals surface area contributed by atoms with E-state index in [1.165, 1.54) is 16.7 Å². The Hall–Kier alpha value is -1.59. The van der Waals surface area contributed by atoms with Crippen LogP contribution in [0.25, 0.3) is 10.4 Å². The molecule has 0 aromatic heterocycles. The van der Waals surface area contributed by atoms with E-state index >= 15 is 0 Å². The molecule has 1 heterocycles. The van der Waals surface area contributed by atoms with E-state index in [1.54, 1.807) is 0 Å². The highest BCUT2D eigenvalue weighted by Crippen LogP contribution is 2.24. The zero-order valence-electron chi connectivity index (χ0n) is 9.61. The molecule has 0 saturated carbocycles. The first-order valence-corrected chi connectivity index (χ1v) is 5.62. The molecule has 1 aromatic rings. The van der Waals surface area contributed by atoms with Gasteiger partial charge in [-0.3, -0.25) is 4.85 Å². The van der Waals surface area contributed by atoms with Gasteiger partial charge in [0.25, 0.3) is 6.67 Å². The largest absolute Gasteiger partial charge is 0.299 e. The number of hydrogen-bond donors (Lipinski definition) is 0. The molecule has 0 unspecified atom stereocenters. The van der Waals surface area contributed by atoms with Crippen molar-refractivity contribution in [2.75, 3.05) is 19.8 Å². The lowest BCUT2D eigenvalue weighted by atomic mass is 9.96. The third-order valence-electron chi connectivity index (χ3n) is 3.05. The van der Waals surface area contributed by atoms with Crippen molar-refractivity contribution >= 4 is 5.57 Å². The summed E-state index contributed by atoms with van der Waals surface area (Å²) in [4.78, 5) is 5.60. The predicted octanol–water partition coefficient (Wildman–Crippen LogP) is 2.96. The van der Waals surface area contributed by atoms with Crippen LogP contribution in [0.2, 0.25) is 0 Å². The molecule has 0 spiro atoms. The molecule has 0 atom stereocenters. The van der Waals surface area contributed by atoms with Crippen LogP contribution in [0.3, 0.4) is 0 Å². The average Bonchev–Trinajstić information content (AvgIpc) is 2.31. The van der Waals surface area contributed by atoms with Crippen LogP contribution in [0, 0.1) is 13.5 Å². The summed E-state index contributed by atoms with van der Waals surface area (Å²) < 4.78 is 0. The molecule has 0 saturated heterocycles. The Morgan fingerprint density at radius 2 is 2.19 bits per heavy atom. The maximum absolute atomic E-state index is 6.85. The molecule has 2 nitrogen and oxygen atoms in total. The zero-order valence-corrected chi connectivity index (χ0v) is 9.61. The minimum absolute atomic E-state index is 0.525. The molecule has 1 aliphatic rings. The maximum Gasteiger partial charge on any atom is 0.270 e. The van der Waals surface area contributed by atoms with Gasteiger partial charge in [0, 0.05) is 13.1 Å². The minimum atomic E-state index is 0.525. The number of hydrogen-bond acceptors (Lipinski definition) is 1. The van der Waals surface area contributed by atoms with Gasteiger partial charge in [0.2, 0.25) is 0 Å². The van der Waals surface area contributed by atoms with Crippen molar-refractivity contribution in [1.29, 1.82) is 0 Å². The van der Waals surface area contributed by atoms with Gasteiger partial charge in [0.1, 0.15) is 0 Å². The molecule has 0 radical (unpaired) electrons. The van der Waals surface area contributed by atoms with Gasteiger partial charge in [-0.25, -0.2) is 11.5 Å². The highest BCUT2D eigenvalue weighted by molar-refractivity contribution is 5.69. The van der Waals surface area contributed by atoms with Crippen molar-refractivity contribution in [2.24, 2.45) is 0 Å². The Kier molecular flexibility index (Phi) is 3.38. The molecule has 1 aromatic carbocycles. The van der Waals surface area contributed by atoms with Crippen LogP contribution in [0.15, 0.2) is 30.3 Å². The first-order chi connectivity index (χ1) is 7.81. The summed E-state index contributed by atoms with van der Waals surface area (Å²) in [6.07, 6.45) is 3.32. The number of rotatable bonds is 2. The number of nitrogens with zero attached hydrogens (tertiary/aromatic N) is 2. The molecule has 0 aliphatic carbocycles. The fourth-order valence-electron chi connectivity index (χ4n) is 2.12. The van der Waals surface area contributed by atoms with Gasteiger partial charge in [-0.2, -0.15) is 0 Å². The smallest absolute Gasteiger partial charge is 0.270 e. The summed E-state index contributed by atoms with van der Waals surface area (Å²) in [5.41, 5.74) is 4.14. The Morgan fingerprint density at radius 3 is 2.81 bits per heavy atom. The van der Waals surface area contributed by atoms with Crippen LogP contribution in [0.5, 0.6) is 0 Å². The minimum Gasteiger partial charge on any atom is -0.299 e. The average molecular weight is 212 g/mol. The predicted molar refractivity (Wildman–Crippen MR) is 66.8 cm³/mol. The van der Waals surface area contributed by atoms with E-state index in [0.29, 0.717) is 6.67 Å². The molecular formula is C14H16N2. The third kappa shape index (κ3) is 2.32. The van der Waals surface area contributed by atoms with Gasteiger partial charge in [0.15, 0.2) is 0 Å². The first kappa shape index (κ1) is 10.9. The maximum atomic E-state index is 6.85. The lowest BCUT2D eigenvalue weighted by Gasteiger charge is -2.22. The van der Waals surface area contributed by atoms with Crippen LogP contribution < -0.4 is 0 Å². The van der Waals surface area contributed by atoms with Gasteiger partial charge in [-0.05, 0) is 30.0 Å². The Bertz CT molecular complexity index is 440. The molecule has 2 heteroatoms. The lowest BCUT2D eigenvalue weighted by Crippen LogP contribution is -2.28. The highest BCUT2D eigenvalue weighted by Gasteiger charge is 2.14. The lowest BCUT2D eigenvalue weighted by molar-refractivity contribution is 0.333. The quantitative estimate of drug-likeness (QED) is 0.684. The monoisotopic (exact) mass is 212 g/mol. The van der Waals surface area contributed by atoms with Crippen LogP contribution in [0.4, 0.5) is 0 Å². The zero-order chi connectivity index (χ0) is 11.4. The summed E-state index contributed by atoms with van der Waals surface area (Å²) in [6, 6.07) is 8.51. The van der Waals surface area contributed by atoms with Gasteiger partial charge in [0.05, 0.1) is 0 Å². The summed E-state index contributed by atoms with van der Waals surface area (Å²) in [5.74, 6) is 0. The normalized spacial score (nSPS) is 16.6. The number of benzene rings is 1. The second kappa shape index (κ2) is 4.96. The van der Waals surface area contributed by atoms with Crippen molar-refractivity contribution < 1.29 is 0 Å². The first-order valence-electron chi connectivity index (χ1n) is 5.62. The molecule has 82 valence electrons. The van der Waals surface area contributed by atoms with E-state index in [0.717, 1.165) is 19.5 Å². The van der Waals surface area contributed by atoms with E-state index in [4.69, 9.17) is 6.57 Å². The van der Waals surface area contributed by atoms with E-state index in [-0.39, 0.29) is 0 Å². The Morgan fingerprint density at radius 1 is 1.38 bits per heavy atom. The van der Waals surface area contributed by atoms with E-state index in [1.807, 2.05) is 0 Å². The summed E-state index contributed by atoms with van der Waals surface area (Å²) in [7, 11) is 0. The van der Waals surface area contributed by atoms with E-state index < -0.39 is 0 Å². The molecular weight excluding hydrogens is 196 g/mol. The van der Waals surface area contributed by atoms with Crippen molar-refractivity contribution in [3.05, 3.63) is 52.9 Å². The summed E-state index contributed by atoms with van der Waals surface area (Å²) in [6.45, 7) is 11.4. The molecule has 0 bridgehead atoms. The fraction of sp³-hybridized carbons (Fsp3) is 0.357. The highest BCUT2D eigenvalue weighted by atomic mass is 15.2. The van der Waals surface area contributed by atoms with E-state index in [9.17, 15) is 0 Å².